The molecule has 3 aliphatic rings. The first-order chi connectivity index (χ1) is 9.63. The number of fused-ring (bicyclic) bond motifs is 3. The largest absolute Gasteiger partial charge is 0.459 e. The van der Waals surface area contributed by atoms with Crippen LogP contribution in [0.1, 0.15) is 24.4 Å². The van der Waals surface area contributed by atoms with Crippen molar-refractivity contribution >= 4 is 42.4 Å². The summed E-state index contributed by atoms with van der Waals surface area (Å²) in [6, 6.07) is 6.27. The van der Waals surface area contributed by atoms with E-state index in [0.29, 0.717) is 10.9 Å². The van der Waals surface area contributed by atoms with Crippen molar-refractivity contribution in [2.75, 3.05) is 19.6 Å². The summed E-state index contributed by atoms with van der Waals surface area (Å²) >= 11 is 5.83. The SMILES string of the molecule is Cl.Cl.NC(C(=O)O[C@H]1CN2CCC1CC2)c1ccc(Cl)cc1. The molecular weight excluding hydrogens is 347 g/mol. The van der Waals surface area contributed by atoms with Gasteiger partial charge in [0, 0.05) is 11.6 Å². The highest BCUT2D eigenvalue weighted by atomic mass is 35.5. The Morgan fingerprint density at radius 2 is 1.82 bits per heavy atom. The first kappa shape index (κ1) is 19.5. The zero-order valence-corrected chi connectivity index (χ0v) is 14.5. The Kier molecular flexibility index (Phi) is 7.42. The standard InChI is InChI=1S/C15H19ClN2O2.2ClH/c16-12-3-1-11(2-4-12)14(17)15(19)20-13-9-18-7-5-10(13)6-8-18;;/h1-4,10,13-14H,5-9,17H2;2*1H/t13-,14?;;/m0../s1. The van der Waals surface area contributed by atoms with Crippen molar-refractivity contribution in [2.45, 2.75) is 25.0 Å². The Morgan fingerprint density at radius 1 is 1.23 bits per heavy atom. The topological polar surface area (TPSA) is 55.6 Å². The maximum atomic E-state index is 12.2. The van der Waals surface area contributed by atoms with Crippen molar-refractivity contribution in [3.05, 3.63) is 34.9 Å². The minimum atomic E-state index is -0.734. The highest BCUT2D eigenvalue weighted by Gasteiger charge is 2.37. The van der Waals surface area contributed by atoms with Gasteiger partial charge in [0.2, 0.25) is 0 Å². The van der Waals surface area contributed by atoms with E-state index >= 15 is 0 Å². The van der Waals surface area contributed by atoms with Gasteiger partial charge in [0.05, 0.1) is 0 Å². The third-order valence-electron chi connectivity index (χ3n) is 4.35. The van der Waals surface area contributed by atoms with Crippen molar-refractivity contribution in [3.63, 3.8) is 0 Å². The lowest BCUT2D eigenvalue weighted by atomic mass is 9.86. The molecule has 1 unspecified atom stereocenters. The van der Waals surface area contributed by atoms with E-state index in [-0.39, 0.29) is 36.9 Å². The number of hydrogen-bond acceptors (Lipinski definition) is 4. The summed E-state index contributed by atoms with van der Waals surface area (Å²) in [4.78, 5) is 14.5. The van der Waals surface area contributed by atoms with Gasteiger partial charge in [-0.25, -0.2) is 4.79 Å². The Bertz CT molecular complexity index is 490. The fourth-order valence-electron chi connectivity index (χ4n) is 3.07. The smallest absolute Gasteiger partial charge is 0.327 e. The molecule has 1 aromatic carbocycles. The molecule has 2 atom stereocenters. The van der Waals surface area contributed by atoms with Crippen LogP contribution in [-0.2, 0) is 9.53 Å². The minimum Gasteiger partial charge on any atom is -0.459 e. The number of nitrogens with two attached hydrogens (primary N) is 1. The second-order valence-electron chi connectivity index (χ2n) is 5.64. The van der Waals surface area contributed by atoms with Gasteiger partial charge in [0.25, 0.3) is 0 Å². The van der Waals surface area contributed by atoms with Crippen molar-refractivity contribution in [1.82, 2.24) is 4.90 Å². The summed E-state index contributed by atoms with van der Waals surface area (Å²) in [6.07, 6.45) is 2.24. The summed E-state index contributed by atoms with van der Waals surface area (Å²) in [6.45, 7) is 3.10. The first-order valence-electron chi connectivity index (χ1n) is 7.07. The van der Waals surface area contributed by atoms with E-state index in [1.54, 1.807) is 24.3 Å². The number of benzene rings is 1. The Hall–Kier alpha value is -0.520. The lowest BCUT2D eigenvalue weighted by molar-refractivity contribution is -0.160. The molecule has 0 amide bonds. The third kappa shape index (κ3) is 4.27. The molecule has 0 aliphatic carbocycles. The highest BCUT2D eigenvalue weighted by Crippen LogP contribution is 2.30. The van der Waals surface area contributed by atoms with Gasteiger partial charge in [-0.2, -0.15) is 0 Å². The molecule has 4 nitrogen and oxygen atoms in total. The van der Waals surface area contributed by atoms with Crippen LogP contribution in [0.3, 0.4) is 0 Å². The van der Waals surface area contributed by atoms with Crippen LogP contribution >= 0.6 is 36.4 Å². The number of halogens is 3. The second kappa shape index (κ2) is 8.37. The molecule has 0 spiro atoms. The number of hydrogen-bond donors (Lipinski definition) is 1. The molecule has 0 saturated carbocycles. The van der Waals surface area contributed by atoms with Crippen LogP contribution in [0.5, 0.6) is 0 Å². The van der Waals surface area contributed by atoms with Crippen molar-refractivity contribution in [2.24, 2.45) is 11.7 Å². The molecule has 3 saturated heterocycles. The van der Waals surface area contributed by atoms with Crippen LogP contribution in [0, 0.1) is 5.92 Å². The second-order valence-corrected chi connectivity index (χ2v) is 6.08. The van der Waals surface area contributed by atoms with E-state index in [4.69, 9.17) is 22.1 Å². The molecule has 124 valence electrons. The van der Waals surface area contributed by atoms with Crippen molar-refractivity contribution < 1.29 is 9.53 Å². The number of ether oxygens (including phenoxy) is 1. The molecule has 7 heteroatoms. The van der Waals surface area contributed by atoms with Gasteiger partial charge in [0.1, 0.15) is 12.1 Å². The normalized spacial score (nSPS) is 27.3. The van der Waals surface area contributed by atoms with Gasteiger partial charge in [-0.3, -0.25) is 4.90 Å². The van der Waals surface area contributed by atoms with Gasteiger partial charge in [-0.05, 0) is 49.5 Å². The number of piperidine rings is 3. The number of nitrogens with zero attached hydrogens (tertiary/aromatic N) is 1. The first-order valence-corrected chi connectivity index (χ1v) is 7.45. The quantitative estimate of drug-likeness (QED) is 0.835. The van der Waals surface area contributed by atoms with Crippen LogP contribution in [-0.4, -0.2) is 36.6 Å². The van der Waals surface area contributed by atoms with Gasteiger partial charge in [-0.15, -0.1) is 24.8 Å². The number of rotatable bonds is 3. The predicted molar refractivity (Wildman–Crippen MR) is 91.9 cm³/mol. The average Bonchev–Trinajstić information content (AvgIpc) is 2.48. The molecule has 22 heavy (non-hydrogen) atoms. The van der Waals surface area contributed by atoms with E-state index < -0.39 is 6.04 Å². The Labute approximate surface area is 148 Å². The van der Waals surface area contributed by atoms with Gasteiger partial charge in [-0.1, -0.05) is 23.7 Å². The Morgan fingerprint density at radius 3 is 2.32 bits per heavy atom. The molecule has 0 radical (unpaired) electrons. The van der Waals surface area contributed by atoms with Crippen LogP contribution < -0.4 is 5.73 Å². The molecule has 2 N–H and O–H groups in total. The molecule has 3 heterocycles. The van der Waals surface area contributed by atoms with E-state index in [9.17, 15) is 4.79 Å². The predicted octanol–water partition coefficient (Wildman–Crippen LogP) is 2.82. The third-order valence-corrected chi connectivity index (χ3v) is 4.60. The average molecular weight is 368 g/mol. The van der Waals surface area contributed by atoms with Gasteiger partial charge < -0.3 is 10.5 Å². The van der Waals surface area contributed by atoms with E-state index in [1.165, 1.54) is 0 Å². The number of carbonyl (C=O) groups excluding carboxylic acids is 1. The summed E-state index contributed by atoms with van der Waals surface area (Å²) in [5.74, 6) is 0.160. The molecule has 0 aromatic heterocycles. The maximum Gasteiger partial charge on any atom is 0.327 e. The number of carbonyl (C=O) groups is 1. The zero-order valence-electron chi connectivity index (χ0n) is 12.1. The Balaban J connectivity index is 0.00000121. The molecule has 3 aliphatic heterocycles. The summed E-state index contributed by atoms with van der Waals surface area (Å²) in [7, 11) is 0. The van der Waals surface area contributed by atoms with Crippen molar-refractivity contribution in [1.29, 1.82) is 0 Å². The molecule has 2 bridgehead atoms. The minimum absolute atomic E-state index is 0. The molecule has 4 rings (SSSR count). The highest BCUT2D eigenvalue weighted by molar-refractivity contribution is 6.30. The van der Waals surface area contributed by atoms with E-state index in [0.717, 1.165) is 38.0 Å². The fraction of sp³-hybridized carbons (Fsp3) is 0.533. The molecular formula is C15H21Cl3N2O2. The summed E-state index contributed by atoms with van der Waals surface area (Å²) < 4.78 is 5.63. The van der Waals surface area contributed by atoms with Crippen LogP contribution in [0.15, 0.2) is 24.3 Å². The maximum absolute atomic E-state index is 12.2. The van der Waals surface area contributed by atoms with E-state index in [1.807, 2.05) is 0 Å². The molecule has 3 fully saturated rings. The number of esters is 1. The fourth-order valence-corrected chi connectivity index (χ4v) is 3.20. The van der Waals surface area contributed by atoms with Crippen LogP contribution in [0.25, 0.3) is 0 Å². The zero-order chi connectivity index (χ0) is 14.1. The van der Waals surface area contributed by atoms with E-state index in [2.05, 4.69) is 4.90 Å². The lowest BCUT2D eigenvalue weighted by Crippen LogP contribution is -2.52. The van der Waals surface area contributed by atoms with Gasteiger partial charge >= 0.3 is 5.97 Å². The lowest BCUT2D eigenvalue weighted by Gasteiger charge is -2.44. The van der Waals surface area contributed by atoms with Crippen LogP contribution in [0.4, 0.5) is 0 Å². The van der Waals surface area contributed by atoms with Crippen LogP contribution in [0.2, 0.25) is 5.02 Å². The van der Waals surface area contributed by atoms with Crippen molar-refractivity contribution in [3.8, 4) is 0 Å². The van der Waals surface area contributed by atoms with Gasteiger partial charge in [0.15, 0.2) is 0 Å². The summed E-state index contributed by atoms with van der Waals surface area (Å²) in [5, 5.41) is 0.631. The monoisotopic (exact) mass is 366 g/mol. The molecule has 1 aromatic rings. The summed E-state index contributed by atoms with van der Waals surface area (Å²) in [5.41, 5.74) is 6.71.